The molecule has 23 heavy (non-hydrogen) atoms. The molecule has 0 aliphatic rings. The van der Waals surface area contributed by atoms with Gasteiger partial charge >= 0.3 is 0 Å². The molecule has 116 valence electrons. The fourth-order valence-corrected chi connectivity index (χ4v) is 2.13. The molecule has 1 amide bonds. The molecule has 0 radical (unpaired) electrons. The first-order valence-electron chi connectivity index (χ1n) is 7.40. The van der Waals surface area contributed by atoms with Gasteiger partial charge in [0.15, 0.2) is 0 Å². The number of benzene rings is 2. The summed E-state index contributed by atoms with van der Waals surface area (Å²) in [6.45, 7) is 2.22. The van der Waals surface area contributed by atoms with E-state index in [9.17, 15) is 4.79 Å². The second-order valence-corrected chi connectivity index (χ2v) is 5.18. The third-order valence-electron chi connectivity index (χ3n) is 3.50. The van der Waals surface area contributed by atoms with Crippen LogP contribution in [0.15, 0.2) is 60.7 Å². The molecule has 2 aromatic carbocycles. The highest BCUT2D eigenvalue weighted by molar-refractivity contribution is 5.79. The van der Waals surface area contributed by atoms with Crippen LogP contribution in [0.1, 0.15) is 18.5 Å². The maximum atomic E-state index is 12.2. The Balaban J connectivity index is 1.65. The highest BCUT2D eigenvalue weighted by Crippen LogP contribution is 2.13. The zero-order chi connectivity index (χ0) is 16.1. The number of aromatic nitrogens is 4. The van der Waals surface area contributed by atoms with Crippen molar-refractivity contribution in [2.75, 3.05) is 0 Å². The van der Waals surface area contributed by atoms with Crippen LogP contribution in [0.4, 0.5) is 0 Å². The van der Waals surface area contributed by atoms with Gasteiger partial charge in [-0.05, 0) is 17.7 Å². The molecular weight excluding hydrogens is 290 g/mol. The SMILES string of the molecule is CC(C(=O)NCc1ccccc1)n1nnc(-c2ccccc2)n1. The molecule has 1 atom stereocenters. The lowest BCUT2D eigenvalue weighted by atomic mass is 10.2. The molecule has 3 rings (SSSR count). The molecule has 3 aromatic rings. The van der Waals surface area contributed by atoms with Crippen LogP contribution in [0.5, 0.6) is 0 Å². The third kappa shape index (κ3) is 3.60. The van der Waals surface area contributed by atoms with E-state index in [1.807, 2.05) is 60.7 Å². The number of rotatable bonds is 5. The molecule has 1 aromatic heterocycles. The van der Waals surface area contributed by atoms with Crippen LogP contribution in [0.2, 0.25) is 0 Å². The van der Waals surface area contributed by atoms with Gasteiger partial charge in [0.25, 0.3) is 0 Å². The van der Waals surface area contributed by atoms with E-state index in [0.717, 1.165) is 11.1 Å². The number of hydrogen-bond donors (Lipinski definition) is 1. The van der Waals surface area contributed by atoms with Crippen LogP contribution in [-0.2, 0) is 11.3 Å². The van der Waals surface area contributed by atoms with E-state index in [-0.39, 0.29) is 5.91 Å². The van der Waals surface area contributed by atoms with Gasteiger partial charge in [-0.3, -0.25) is 4.79 Å². The molecule has 0 fully saturated rings. The molecule has 1 N–H and O–H groups in total. The quantitative estimate of drug-likeness (QED) is 0.784. The Morgan fingerprint density at radius 1 is 1.09 bits per heavy atom. The van der Waals surface area contributed by atoms with E-state index in [1.54, 1.807) is 6.92 Å². The van der Waals surface area contributed by atoms with E-state index < -0.39 is 6.04 Å². The average molecular weight is 307 g/mol. The normalized spacial score (nSPS) is 11.9. The van der Waals surface area contributed by atoms with Gasteiger partial charge in [-0.15, -0.1) is 10.2 Å². The predicted molar refractivity (Wildman–Crippen MR) is 86.3 cm³/mol. The molecule has 1 unspecified atom stereocenters. The van der Waals surface area contributed by atoms with Crippen molar-refractivity contribution >= 4 is 5.91 Å². The lowest BCUT2D eigenvalue weighted by Crippen LogP contribution is -2.31. The smallest absolute Gasteiger partial charge is 0.246 e. The highest BCUT2D eigenvalue weighted by atomic mass is 16.2. The lowest BCUT2D eigenvalue weighted by molar-refractivity contribution is -0.124. The van der Waals surface area contributed by atoms with Crippen LogP contribution >= 0.6 is 0 Å². The van der Waals surface area contributed by atoms with Crippen molar-refractivity contribution < 1.29 is 4.79 Å². The maximum Gasteiger partial charge on any atom is 0.246 e. The first-order valence-corrected chi connectivity index (χ1v) is 7.40. The van der Waals surface area contributed by atoms with Crippen LogP contribution < -0.4 is 5.32 Å². The summed E-state index contributed by atoms with van der Waals surface area (Å²) in [6.07, 6.45) is 0. The van der Waals surface area contributed by atoms with Crippen molar-refractivity contribution in [1.29, 1.82) is 0 Å². The summed E-state index contributed by atoms with van der Waals surface area (Å²) in [5, 5.41) is 15.2. The average Bonchev–Trinajstić information content (AvgIpc) is 3.11. The van der Waals surface area contributed by atoms with Crippen molar-refractivity contribution in [2.24, 2.45) is 0 Å². The Bertz CT molecular complexity index is 770. The zero-order valence-electron chi connectivity index (χ0n) is 12.8. The Morgan fingerprint density at radius 2 is 1.74 bits per heavy atom. The number of nitrogens with zero attached hydrogens (tertiary/aromatic N) is 4. The summed E-state index contributed by atoms with van der Waals surface area (Å²) in [6, 6.07) is 18.8. The first-order chi connectivity index (χ1) is 11.2. The van der Waals surface area contributed by atoms with Crippen molar-refractivity contribution in [1.82, 2.24) is 25.5 Å². The number of nitrogens with one attached hydrogen (secondary N) is 1. The lowest BCUT2D eigenvalue weighted by Gasteiger charge is -2.10. The molecule has 0 spiro atoms. The maximum absolute atomic E-state index is 12.2. The largest absolute Gasteiger partial charge is 0.350 e. The van der Waals surface area contributed by atoms with Crippen molar-refractivity contribution in [3.63, 3.8) is 0 Å². The first kappa shape index (κ1) is 14.9. The van der Waals surface area contributed by atoms with Gasteiger partial charge in [0.1, 0.15) is 6.04 Å². The molecule has 6 heteroatoms. The molecule has 0 saturated heterocycles. The van der Waals surface area contributed by atoms with E-state index >= 15 is 0 Å². The summed E-state index contributed by atoms with van der Waals surface area (Å²) in [4.78, 5) is 13.6. The highest BCUT2D eigenvalue weighted by Gasteiger charge is 2.18. The molecule has 6 nitrogen and oxygen atoms in total. The Labute approximate surface area is 134 Å². The zero-order valence-corrected chi connectivity index (χ0v) is 12.8. The minimum absolute atomic E-state index is 0.147. The summed E-state index contributed by atoms with van der Waals surface area (Å²) in [5.74, 6) is 0.360. The van der Waals surface area contributed by atoms with E-state index in [4.69, 9.17) is 0 Å². The van der Waals surface area contributed by atoms with Crippen molar-refractivity contribution in [3.8, 4) is 11.4 Å². The molecule has 0 bridgehead atoms. The fourth-order valence-electron chi connectivity index (χ4n) is 2.13. The van der Waals surface area contributed by atoms with Gasteiger partial charge in [0, 0.05) is 12.1 Å². The Morgan fingerprint density at radius 3 is 2.43 bits per heavy atom. The Kier molecular flexibility index (Phi) is 4.42. The predicted octanol–water partition coefficient (Wildman–Crippen LogP) is 2.22. The molecule has 0 saturated carbocycles. The number of hydrogen-bond acceptors (Lipinski definition) is 4. The summed E-state index contributed by atoms with van der Waals surface area (Å²) < 4.78 is 0. The number of amides is 1. The van der Waals surface area contributed by atoms with Gasteiger partial charge in [0.05, 0.1) is 0 Å². The van der Waals surface area contributed by atoms with E-state index in [1.165, 1.54) is 4.80 Å². The monoisotopic (exact) mass is 307 g/mol. The van der Waals surface area contributed by atoms with Gasteiger partial charge in [-0.1, -0.05) is 60.7 Å². The summed E-state index contributed by atoms with van der Waals surface area (Å²) in [7, 11) is 0. The van der Waals surface area contributed by atoms with Crippen molar-refractivity contribution in [2.45, 2.75) is 19.5 Å². The molecule has 1 heterocycles. The Hall–Kier alpha value is -3.02. The molecule has 0 aliphatic carbocycles. The molecule has 0 aliphatic heterocycles. The van der Waals surface area contributed by atoms with Gasteiger partial charge < -0.3 is 5.32 Å². The second-order valence-electron chi connectivity index (χ2n) is 5.18. The van der Waals surface area contributed by atoms with Crippen LogP contribution in [0, 0.1) is 0 Å². The fraction of sp³-hybridized carbons (Fsp3) is 0.176. The van der Waals surface area contributed by atoms with Gasteiger partial charge in [0.2, 0.25) is 11.7 Å². The van der Waals surface area contributed by atoms with Gasteiger partial charge in [-0.25, -0.2) is 0 Å². The van der Waals surface area contributed by atoms with E-state index in [2.05, 4.69) is 20.7 Å². The second kappa shape index (κ2) is 6.83. The van der Waals surface area contributed by atoms with Crippen molar-refractivity contribution in [3.05, 3.63) is 66.2 Å². The molecular formula is C17H17N5O. The number of carbonyl (C=O) groups excluding carboxylic acids is 1. The summed E-state index contributed by atoms with van der Waals surface area (Å²) in [5.41, 5.74) is 1.92. The van der Waals surface area contributed by atoms with E-state index in [0.29, 0.717) is 12.4 Å². The standard InChI is InChI=1S/C17H17N5O/c1-13(17(23)18-12-14-8-4-2-5-9-14)22-20-16(19-21-22)15-10-6-3-7-11-15/h2-11,13H,12H2,1H3,(H,18,23). The third-order valence-corrected chi connectivity index (χ3v) is 3.50. The van der Waals surface area contributed by atoms with Crippen LogP contribution in [-0.4, -0.2) is 26.1 Å². The van der Waals surface area contributed by atoms with Crippen LogP contribution in [0.3, 0.4) is 0 Å². The number of carbonyl (C=O) groups is 1. The minimum atomic E-state index is -0.524. The van der Waals surface area contributed by atoms with Gasteiger partial charge in [-0.2, -0.15) is 4.80 Å². The van der Waals surface area contributed by atoms with Crippen LogP contribution in [0.25, 0.3) is 11.4 Å². The minimum Gasteiger partial charge on any atom is -0.350 e. The summed E-state index contributed by atoms with van der Waals surface area (Å²) >= 11 is 0. The number of tetrazole rings is 1. The topological polar surface area (TPSA) is 72.7 Å².